The minimum atomic E-state index is -1.38. The molecular weight excluding hydrogens is 644 g/mol. The number of unbranched alkanes of at least 4 members (excludes halogenated alkanes) is 25. The summed E-state index contributed by atoms with van der Waals surface area (Å²) < 4.78 is 6.01. The van der Waals surface area contributed by atoms with Crippen molar-refractivity contribution in [2.75, 3.05) is 13.2 Å². The number of hydrogen-bond acceptors (Lipinski definition) is 6. The van der Waals surface area contributed by atoms with E-state index in [4.69, 9.17) is 14.9 Å². The molecule has 0 saturated carbocycles. The molecule has 2 atom stereocenters. The Kier molecular flexibility index (Phi) is 36.0. The van der Waals surface area contributed by atoms with Gasteiger partial charge in [0.05, 0.1) is 13.2 Å². The second-order valence-corrected chi connectivity index (χ2v) is 14.8. The number of aliphatic carboxylic acids is 1. The van der Waals surface area contributed by atoms with E-state index in [1.54, 1.807) is 0 Å². The number of carbonyl (C=O) groups is 4. The zero-order valence-corrected chi connectivity index (χ0v) is 33.1. The number of aliphatic hydroxyl groups is 1. The van der Waals surface area contributed by atoms with Crippen molar-refractivity contribution in [3.05, 3.63) is 0 Å². The minimum Gasteiger partial charge on any atom is -0.480 e. The molecule has 0 aliphatic carbocycles. The van der Waals surface area contributed by atoms with Gasteiger partial charge in [0.2, 0.25) is 11.8 Å². The Bertz CT molecular complexity index is 838. The Morgan fingerprint density at radius 3 is 1.27 bits per heavy atom. The maximum absolute atomic E-state index is 12.7. The van der Waals surface area contributed by atoms with Gasteiger partial charge in [-0.1, -0.05) is 168 Å². The van der Waals surface area contributed by atoms with Crippen LogP contribution in [0.3, 0.4) is 0 Å². The van der Waals surface area contributed by atoms with Crippen molar-refractivity contribution in [3.8, 4) is 0 Å². The van der Waals surface area contributed by atoms with E-state index in [9.17, 15) is 19.2 Å². The third kappa shape index (κ3) is 34.7. The molecule has 0 aliphatic heterocycles. The molecule has 300 valence electrons. The number of rotatable bonds is 39. The highest BCUT2D eigenvalue weighted by Gasteiger charge is 2.19. The van der Waals surface area contributed by atoms with Crippen molar-refractivity contribution in [3.63, 3.8) is 0 Å². The van der Waals surface area contributed by atoms with Gasteiger partial charge in [-0.2, -0.15) is 0 Å². The fraction of sp³-hybridized carbons (Fsp3) is 0.905. The first-order valence-corrected chi connectivity index (χ1v) is 21.4. The number of carboxylic acids is 1. The normalized spacial score (nSPS) is 12.4. The summed E-state index contributed by atoms with van der Waals surface area (Å²) in [5.74, 6) is -2.27. The Morgan fingerprint density at radius 2 is 0.882 bits per heavy atom. The van der Waals surface area contributed by atoms with E-state index in [0.29, 0.717) is 19.3 Å². The summed E-state index contributed by atoms with van der Waals surface area (Å²) in [6, 6.07) is -1.38. The van der Waals surface area contributed by atoms with E-state index >= 15 is 0 Å². The van der Waals surface area contributed by atoms with Gasteiger partial charge >= 0.3 is 11.9 Å². The number of carbonyl (C=O) groups excluding carboxylic acids is 3. The number of esters is 1. The van der Waals surface area contributed by atoms with Crippen LogP contribution in [-0.2, 0) is 23.9 Å². The molecule has 51 heavy (non-hydrogen) atoms. The molecule has 0 fully saturated rings. The van der Waals surface area contributed by atoms with E-state index in [2.05, 4.69) is 24.5 Å². The van der Waals surface area contributed by atoms with Crippen LogP contribution in [0.15, 0.2) is 0 Å². The van der Waals surface area contributed by atoms with Crippen molar-refractivity contribution in [2.45, 2.75) is 231 Å². The Labute approximate surface area is 312 Å². The van der Waals surface area contributed by atoms with Gasteiger partial charge in [0.15, 0.2) is 0 Å². The lowest BCUT2D eigenvalue weighted by molar-refractivity contribution is -0.150. The number of carboxylic acid groups (broad SMARTS) is 1. The van der Waals surface area contributed by atoms with Crippen LogP contribution in [0, 0.1) is 0 Å². The van der Waals surface area contributed by atoms with Gasteiger partial charge in [0.1, 0.15) is 12.1 Å². The Hall–Kier alpha value is -2.16. The van der Waals surface area contributed by atoms with Crippen LogP contribution in [-0.4, -0.2) is 59.3 Å². The van der Waals surface area contributed by atoms with Crippen molar-refractivity contribution in [2.24, 2.45) is 0 Å². The monoisotopic (exact) mass is 725 g/mol. The standard InChI is InChI=1S/C42H80N2O7/c1-3-5-7-9-11-13-14-15-16-17-18-19-21-26-30-34-41(48)51-37(31-27-23-20-12-10-8-6-4-2)32-28-24-22-25-29-33-39(46)43-35-40(47)44-38(36-45)42(49)50/h37-38,45H,3-36H2,1-2H3,(H,43,46)(H,44,47)(H,49,50). The van der Waals surface area contributed by atoms with E-state index in [0.717, 1.165) is 57.8 Å². The fourth-order valence-corrected chi connectivity index (χ4v) is 6.54. The summed E-state index contributed by atoms with van der Waals surface area (Å²) in [5, 5.41) is 22.5. The van der Waals surface area contributed by atoms with E-state index < -0.39 is 24.5 Å². The Balaban J connectivity index is 4.16. The molecule has 2 amide bonds. The van der Waals surface area contributed by atoms with Gasteiger partial charge in [-0.25, -0.2) is 4.79 Å². The van der Waals surface area contributed by atoms with Gasteiger partial charge in [-0.15, -0.1) is 0 Å². The molecule has 0 aliphatic rings. The van der Waals surface area contributed by atoms with Crippen LogP contribution in [0.1, 0.15) is 219 Å². The highest BCUT2D eigenvalue weighted by molar-refractivity contribution is 5.87. The average Bonchev–Trinajstić information content (AvgIpc) is 3.11. The first-order valence-electron chi connectivity index (χ1n) is 21.4. The molecule has 0 radical (unpaired) electrons. The van der Waals surface area contributed by atoms with Gasteiger partial charge in [0, 0.05) is 12.8 Å². The highest BCUT2D eigenvalue weighted by Crippen LogP contribution is 2.19. The van der Waals surface area contributed by atoms with E-state index in [1.165, 1.54) is 128 Å². The maximum atomic E-state index is 12.7. The Morgan fingerprint density at radius 1 is 0.510 bits per heavy atom. The zero-order valence-electron chi connectivity index (χ0n) is 33.1. The first kappa shape index (κ1) is 48.8. The molecule has 9 heteroatoms. The third-order valence-electron chi connectivity index (χ3n) is 9.85. The quantitative estimate of drug-likeness (QED) is 0.0365. The summed E-state index contributed by atoms with van der Waals surface area (Å²) in [6.07, 6.45) is 37.0. The predicted molar refractivity (Wildman–Crippen MR) is 209 cm³/mol. The molecular formula is C42H80N2O7. The SMILES string of the molecule is CCCCCCCCCCCCCCCCCC(=O)OC(CCCCCCCCCC)CCCCCCCC(=O)NCC(=O)NC(CO)C(=O)O. The lowest BCUT2D eigenvalue weighted by atomic mass is 10.0. The average molecular weight is 725 g/mol. The van der Waals surface area contributed by atoms with Crippen LogP contribution >= 0.6 is 0 Å². The summed E-state index contributed by atoms with van der Waals surface area (Å²) in [5.41, 5.74) is 0. The summed E-state index contributed by atoms with van der Waals surface area (Å²) in [7, 11) is 0. The van der Waals surface area contributed by atoms with Crippen molar-refractivity contribution >= 4 is 23.8 Å². The van der Waals surface area contributed by atoms with Crippen molar-refractivity contribution in [1.82, 2.24) is 10.6 Å². The molecule has 0 aromatic rings. The minimum absolute atomic E-state index is 0.00239. The second-order valence-electron chi connectivity index (χ2n) is 14.8. The largest absolute Gasteiger partial charge is 0.480 e. The molecule has 0 rings (SSSR count). The number of ether oxygens (including phenoxy) is 1. The third-order valence-corrected chi connectivity index (χ3v) is 9.85. The molecule has 4 N–H and O–H groups in total. The predicted octanol–water partition coefficient (Wildman–Crippen LogP) is 10.1. The van der Waals surface area contributed by atoms with Crippen LogP contribution in [0.2, 0.25) is 0 Å². The van der Waals surface area contributed by atoms with Gasteiger partial charge < -0.3 is 25.6 Å². The second kappa shape index (κ2) is 37.6. The van der Waals surface area contributed by atoms with E-state index in [1.807, 2.05) is 0 Å². The number of amides is 2. The van der Waals surface area contributed by atoms with Gasteiger partial charge in [-0.3, -0.25) is 14.4 Å². The van der Waals surface area contributed by atoms with Crippen LogP contribution in [0.25, 0.3) is 0 Å². The van der Waals surface area contributed by atoms with Gasteiger partial charge in [-0.05, 0) is 38.5 Å². The smallest absolute Gasteiger partial charge is 0.328 e. The molecule has 0 saturated heterocycles. The molecule has 0 heterocycles. The lowest BCUT2D eigenvalue weighted by Crippen LogP contribution is -2.47. The number of aliphatic hydroxyl groups excluding tert-OH is 1. The van der Waals surface area contributed by atoms with Crippen LogP contribution in [0.5, 0.6) is 0 Å². The van der Waals surface area contributed by atoms with Gasteiger partial charge in [0.25, 0.3) is 0 Å². The maximum Gasteiger partial charge on any atom is 0.328 e. The van der Waals surface area contributed by atoms with Crippen molar-refractivity contribution < 1.29 is 34.1 Å². The fourth-order valence-electron chi connectivity index (χ4n) is 6.54. The molecule has 9 nitrogen and oxygen atoms in total. The molecule has 0 aromatic carbocycles. The highest BCUT2D eigenvalue weighted by atomic mass is 16.5. The lowest BCUT2D eigenvalue weighted by Gasteiger charge is -2.18. The van der Waals surface area contributed by atoms with Crippen LogP contribution in [0.4, 0.5) is 0 Å². The molecule has 0 spiro atoms. The number of nitrogens with one attached hydrogen (secondary N) is 2. The van der Waals surface area contributed by atoms with Crippen LogP contribution < -0.4 is 10.6 Å². The van der Waals surface area contributed by atoms with E-state index in [-0.39, 0.29) is 24.5 Å². The summed E-state index contributed by atoms with van der Waals surface area (Å²) >= 11 is 0. The number of hydrogen-bond donors (Lipinski definition) is 4. The van der Waals surface area contributed by atoms with Crippen molar-refractivity contribution in [1.29, 1.82) is 0 Å². The zero-order chi connectivity index (χ0) is 37.6. The summed E-state index contributed by atoms with van der Waals surface area (Å²) in [4.78, 5) is 47.4. The molecule has 2 unspecified atom stereocenters. The summed E-state index contributed by atoms with van der Waals surface area (Å²) in [6.45, 7) is 3.49. The molecule has 0 aromatic heterocycles. The molecule has 0 bridgehead atoms. The first-order chi connectivity index (χ1) is 24.8. The topological polar surface area (TPSA) is 142 Å².